The van der Waals surface area contributed by atoms with E-state index < -0.39 is 0 Å². The van der Waals surface area contributed by atoms with Gasteiger partial charge >= 0.3 is 0 Å². The largest absolute Gasteiger partial charge is 0.485 e. The number of benzene rings is 2. The molecule has 4 aromatic rings. The fraction of sp³-hybridized carbons (Fsp3) is 0.258. The number of hydrogen-bond acceptors (Lipinski definition) is 5. The standard InChI is InChI=1S/C23H22N2O3.C8H12N2O/c1-14-11-15(2)25-23(27)19(14)13-24-22(26)17-9-7-16(8-10-17)21-12-18-5-3-4-6-20(18)28-21;1-5-3-6(2)10-8(11)7(5)4-9/h3-11,21H,12-13H2,1-2H3,(H,24,26)(H,25,27);3H,4,9H2,1-2H3,(H,10,11). The van der Waals surface area contributed by atoms with Crippen LogP contribution in [-0.2, 0) is 19.5 Å². The summed E-state index contributed by atoms with van der Waals surface area (Å²) >= 11 is 0. The number of pyridine rings is 2. The van der Waals surface area contributed by atoms with Gasteiger partial charge in [0.05, 0.1) is 0 Å². The van der Waals surface area contributed by atoms with Crippen molar-refractivity contribution in [2.75, 3.05) is 0 Å². The molecule has 8 nitrogen and oxygen atoms in total. The fourth-order valence-corrected chi connectivity index (χ4v) is 4.72. The van der Waals surface area contributed by atoms with Crippen molar-refractivity contribution in [3.8, 4) is 5.75 Å². The molecule has 5 N–H and O–H groups in total. The number of aryl methyl sites for hydroxylation is 4. The number of hydrogen-bond donors (Lipinski definition) is 4. The molecule has 202 valence electrons. The van der Waals surface area contributed by atoms with E-state index in [2.05, 4.69) is 21.4 Å². The van der Waals surface area contributed by atoms with Crippen molar-refractivity contribution in [2.45, 2.75) is 53.3 Å². The Kier molecular flexibility index (Phi) is 8.46. The summed E-state index contributed by atoms with van der Waals surface area (Å²) in [4.78, 5) is 41.2. The minimum Gasteiger partial charge on any atom is -0.485 e. The van der Waals surface area contributed by atoms with Crippen molar-refractivity contribution in [2.24, 2.45) is 5.73 Å². The lowest BCUT2D eigenvalue weighted by atomic mass is 10.0. The van der Waals surface area contributed by atoms with E-state index in [0.29, 0.717) is 23.2 Å². The van der Waals surface area contributed by atoms with Gasteiger partial charge in [0.1, 0.15) is 11.9 Å². The van der Waals surface area contributed by atoms with E-state index in [1.165, 1.54) is 5.56 Å². The molecule has 3 heterocycles. The van der Waals surface area contributed by atoms with Gasteiger partial charge in [0.15, 0.2) is 0 Å². The van der Waals surface area contributed by atoms with E-state index in [9.17, 15) is 14.4 Å². The fourth-order valence-electron chi connectivity index (χ4n) is 4.72. The summed E-state index contributed by atoms with van der Waals surface area (Å²) in [5, 5.41) is 2.83. The van der Waals surface area contributed by atoms with Crippen LogP contribution in [0.4, 0.5) is 0 Å². The second-order valence-electron chi connectivity index (χ2n) is 9.81. The van der Waals surface area contributed by atoms with Crippen LogP contribution in [0.2, 0.25) is 0 Å². The summed E-state index contributed by atoms with van der Waals surface area (Å²) in [7, 11) is 0. The molecule has 8 heteroatoms. The Hall–Kier alpha value is -4.43. The zero-order valence-electron chi connectivity index (χ0n) is 22.7. The van der Waals surface area contributed by atoms with Crippen molar-refractivity contribution in [3.05, 3.63) is 132 Å². The predicted octanol–water partition coefficient (Wildman–Crippen LogP) is 4.05. The van der Waals surface area contributed by atoms with E-state index in [1.807, 2.05) is 70.2 Å². The molecular formula is C31H34N4O4. The quantitative estimate of drug-likeness (QED) is 0.312. The molecule has 0 aliphatic carbocycles. The molecule has 5 rings (SSSR count). The molecule has 1 unspecified atom stereocenters. The molecule has 0 saturated carbocycles. The first-order valence-electron chi connectivity index (χ1n) is 12.9. The molecule has 0 fully saturated rings. The third kappa shape index (κ3) is 6.53. The van der Waals surface area contributed by atoms with E-state index in [-0.39, 0.29) is 29.7 Å². The molecule has 0 saturated heterocycles. The molecule has 1 amide bonds. The van der Waals surface area contributed by atoms with Crippen LogP contribution >= 0.6 is 0 Å². The number of nitrogens with two attached hydrogens (primary N) is 1. The van der Waals surface area contributed by atoms with Crippen LogP contribution in [-0.4, -0.2) is 15.9 Å². The van der Waals surface area contributed by atoms with Crippen LogP contribution in [0.25, 0.3) is 0 Å². The number of carbonyl (C=O) groups excluding carboxylic acids is 1. The van der Waals surface area contributed by atoms with Crippen molar-refractivity contribution in [1.29, 1.82) is 0 Å². The van der Waals surface area contributed by atoms with E-state index in [1.54, 1.807) is 12.1 Å². The topological polar surface area (TPSA) is 130 Å². The first-order chi connectivity index (χ1) is 18.7. The maximum Gasteiger partial charge on any atom is 0.253 e. The Morgan fingerprint density at radius 3 is 2.05 bits per heavy atom. The van der Waals surface area contributed by atoms with Gasteiger partial charge in [-0.2, -0.15) is 0 Å². The number of aromatic amines is 2. The average molecular weight is 527 g/mol. The Morgan fingerprint density at radius 1 is 0.897 bits per heavy atom. The molecule has 1 aliphatic rings. The lowest BCUT2D eigenvalue weighted by molar-refractivity contribution is 0.0950. The summed E-state index contributed by atoms with van der Waals surface area (Å²) in [6.45, 7) is 7.96. The normalized spacial score (nSPS) is 13.6. The predicted molar refractivity (Wildman–Crippen MR) is 152 cm³/mol. The highest BCUT2D eigenvalue weighted by atomic mass is 16.5. The minimum atomic E-state index is -0.207. The molecule has 2 aromatic heterocycles. The highest BCUT2D eigenvalue weighted by Crippen LogP contribution is 2.36. The number of carbonyl (C=O) groups is 1. The van der Waals surface area contributed by atoms with Crippen LogP contribution in [0.5, 0.6) is 5.75 Å². The van der Waals surface area contributed by atoms with E-state index in [4.69, 9.17) is 10.5 Å². The van der Waals surface area contributed by atoms with Gasteiger partial charge in [0.25, 0.3) is 17.0 Å². The Labute approximate surface area is 227 Å². The Balaban J connectivity index is 0.000000270. The van der Waals surface area contributed by atoms with Crippen LogP contribution < -0.4 is 26.9 Å². The highest BCUT2D eigenvalue weighted by molar-refractivity contribution is 5.94. The zero-order chi connectivity index (χ0) is 28.1. The van der Waals surface area contributed by atoms with Gasteiger partial charge in [-0.3, -0.25) is 14.4 Å². The maximum absolute atomic E-state index is 12.5. The summed E-state index contributed by atoms with van der Waals surface area (Å²) in [5.41, 5.74) is 12.7. The molecule has 1 atom stereocenters. The number of H-pyrrole nitrogens is 2. The smallest absolute Gasteiger partial charge is 0.253 e. The number of fused-ring (bicyclic) bond motifs is 1. The maximum atomic E-state index is 12.5. The van der Waals surface area contributed by atoms with Gasteiger partial charge in [0, 0.05) is 47.6 Å². The lowest BCUT2D eigenvalue weighted by Gasteiger charge is -2.12. The molecule has 0 bridgehead atoms. The SMILES string of the molecule is Cc1cc(C)c(CN)c(=O)[nH]1.Cc1cc(C)c(CNC(=O)c2ccc(C3Cc4ccccc4O3)cc2)c(=O)[nH]1. The number of para-hydroxylation sites is 1. The summed E-state index contributed by atoms with van der Waals surface area (Å²) in [6, 6.07) is 19.3. The van der Waals surface area contributed by atoms with Crippen LogP contribution in [0.1, 0.15) is 61.2 Å². The van der Waals surface area contributed by atoms with Gasteiger partial charge in [0.2, 0.25) is 0 Å². The Bertz CT molecular complexity index is 1580. The van der Waals surface area contributed by atoms with Gasteiger partial charge < -0.3 is 25.8 Å². The van der Waals surface area contributed by atoms with Crippen LogP contribution in [0.15, 0.2) is 70.3 Å². The molecule has 0 radical (unpaired) electrons. The highest BCUT2D eigenvalue weighted by Gasteiger charge is 2.24. The van der Waals surface area contributed by atoms with Crippen LogP contribution in [0.3, 0.4) is 0 Å². The third-order valence-electron chi connectivity index (χ3n) is 6.81. The van der Waals surface area contributed by atoms with E-state index in [0.717, 1.165) is 40.2 Å². The average Bonchev–Trinajstić information content (AvgIpc) is 3.32. The first kappa shape index (κ1) is 27.6. The zero-order valence-corrected chi connectivity index (χ0v) is 22.7. The monoisotopic (exact) mass is 526 g/mol. The lowest BCUT2D eigenvalue weighted by Crippen LogP contribution is -2.27. The van der Waals surface area contributed by atoms with Gasteiger partial charge in [-0.25, -0.2) is 0 Å². The Morgan fingerprint density at radius 2 is 1.49 bits per heavy atom. The second-order valence-corrected chi connectivity index (χ2v) is 9.81. The molecule has 1 aliphatic heterocycles. The number of ether oxygens (including phenoxy) is 1. The van der Waals surface area contributed by atoms with Crippen molar-refractivity contribution >= 4 is 5.91 Å². The van der Waals surface area contributed by atoms with Crippen LogP contribution in [0, 0.1) is 27.7 Å². The first-order valence-corrected chi connectivity index (χ1v) is 12.9. The summed E-state index contributed by atoms with van der Waals surface area (Å²) < 4.78 is 6.00. The molecule has 0 spiro atoms. The van der Waals surface area contributed by atoms with Crippen molar-refractivity contribution < 1.29 is 9.53 Å². The third-order valence-corrected chi connectivity index (χ3v) is 6.81. The van der Waals surface area contributed by atoms with Gasteiger partial charge in [-0.15, -0.1) is 0 Å². The number of aromatic nitrogens is 2. The molecular weight excluding hydrogens is 492 g/mol. The summed E-state index contributed by atoms with van der Waals surface area (Å²) in [5.74, 6) is 0.717. The van der Waals surface area contributed by atoms with E-state index >= 15 is 0 Å². The van der Waals surface area contributed by atoms with Gasteiger partial charge in [-0.05, 0) is 80.3 Å². The summed E-state index contributed by atoms with van der Waals surface area (Å²) in [6.07, 6.45) is 0.806. The molecule has 2 aromatic carbocycles. The molecule has 39 heavy (non-hydrogen) atoms. The number of amides is 1. The number of nitrogens with one attached hydrogen (secondary N) is 3. The number of rotatable bonds is 5. The second kappa shape index (κ2) is 12.0. The van der Waals surface area contributed by atoms with Crippen molar-refractivity contribution in [3.63, 3.8) is 0 Å². The van der Waals surface area contributed by atoms with Crippen molar-refractivity contribution in [1.82, 2.24) is 15.3 Å². The van der Waals surface area contributed by atoms with Gasteiger partial charge in [-0.1, -0.05) is 30.3 Å². The minimum absolute atomic E-state index is 0.0247.